The molecule has 1 unspecified atom stereocenters. The van der Waals surface area contributed by atoms with Crippen molar-refractivity contribution in [1.82, 2.24) is 9.78 Å². The second-order valence-corrected chi connectivity index (χ2v) is 9.22. The number of unbranched alkanes of at least 4 members (excludes halogenated alkanes) is 2. The number of rotatable bonds is 10. The molecule has 0 amide bonds. The lowest BCUT2D eigenvalue weighted by atomic mass is 9.96. The predicted octanol–water partition coefficient (Wildman–Crippen LogP) is 6.28. The molecule has 0 aliphatic carbocycles. The van der Waals surface area contributed by atoms with Gasteiger partial charge in [0.2, 0.25) is 11.1 Å². The minimum atomic E-state index is -1.55. The van der Waals surface area contributed by atoms with Gasteiger partial charge in [-0.15, -0.1) is 0 Å². The lowest BCUT2D eigenvalue weighted by Gasteiger charge is -2.11. The maximum absolute atomic E-state index is 11.7. The molecule has 174 valence electrons. The molecule has 0 aliphatic heterocycles. The van der Waals surface area contributed by atoms with Gasteiger partial charge in [-0.25, -0.2) is 4.21 Å². The minimum absolute atomic E-state index is 0.356. The molecule has 1 heterocycles. The van der Waals surface area contributed by atoms with Crippen molar-refractivity contribution < 1.29 is 13.2 Å². The van der Waals surface area contributed by atoms with E-state index in [-0.39, 0.29) is 0 Å². The topological polar surface area (TPSA) is 61.2 Å². The van der Waals surface area contributed by atoms with Crippen LogP contribution in [0.5, 0.6) is 0 Å². The highest BCUT2D eigenvalue weighted by Crippen LogP contribution is 2.40. The Morgan fingerprint density at radius 1 is 0.794 bits per heavy atom. The van der Waals surface area contributed by atoms with Gasteiger partial charge in [-0.3, -0.25) is 9.48 Å². The molecule has 0 saturated heterocycles. The molecule has 3 aromatic carbocycles. The summed E-state index contributed by atoms with van der Waals surface area (Å²) in [5.41, 5.74) is 6.49. The Bertz CT molecular complexity index is 1240. The molecule has 5 nitrogen and oxygen atoms in total. The van der Waals surface area contributed by atoms with Crippen molar-refractivity contribution in [1.29, 1.82) is 0 Å². The molecule has 0 fully saturated rings. The highest BCUT2D eigenvalue weighted by molar-refractivity contribution is 7.80. The maximum atomic E-state index is 11.7. The van der Waals surface area contributed by atoms with Crippen LogP contribution in [-0.4, -0.2) is 25.7 Å². The lowest BCUT2D eigenvalue weighted by Crippen LogP contribution is -2.07. The molecule has 0 aliphatic rings. The Kier molecular flexibility index (Phi) is 8.04. The van der Waals surface area contributed by atoms with E-state index in [0.717, 1.165) is 59.4 Å². The third-order valence-electron chi connectivity index (χ3n) is 5.50. The van der Waals surface area contributed by atoms with Crippen molar-refractivity contribution in [2.24, 2.45) is 0 Å². The molecule has 4 aromatic rings. The summed E-state index contributed by atoms with van der Waals surface area (Å²) in [6.45, 7) is 2.01. The Labute approximate surface area is 203 Å². The van der Waals surface area contributed by atoms with E-state index in [1.54, 1.807) is 0 Å². The van der Waals surface area contributed by atoms with Crippen LogP contribution in [0.4, 0.5) is 0 Å². The molecule has 1 atom stereocenters. The first-order valence-electron chi connectivity index (χ1n) is 11.5. The van der Waals surface area contributed by atoms with Gasteiger partial charge in [0, 0.05) is 30.2 Å². The van der Waals surface area contributed by atoms with Gasteiger partial charge in [0.15, 0.2) is 0 Å². The standard InChI is InChI=1S/C28H28N2O3S/c1-22(31)33-34(32)21-13-5-12-20-30-28(25-18-10-4-11-19-25)26(23-14-6-2-7-15-23)27(29-30)24-16-8-3-9-17-24/h2-4,6-11,14-19H,5,12-13,20-21H2,1H3. The second kappa shape index (κ2) is 11.6. The summed E-state index contributed by atoms with van der Waals surface area (Å²) in [5.74, 6) is -0.154. The van der Waals surface area contributed by atoms with E-state index in [9.17, 15) is 9.00 Å². The molecular formula is C28H28N2O3S. The summed E-state index contributed by atoms with van der Waals surface area (Å²) in [6, 6.07) is 31.0. The number of aromatic nitrogens is 2. The number of aryl methyl sites for hydroxylation is 1. The van der Waals surface area contributed by atoms with Gasteiger partial charge in [-0.05, 0) is 18.4 Å². The fourth-order valence-electron chi connectivity index (χ4n) is 4.02. The normalized spacial score (nSPS) is 11.8. The summed E-state index contributed by atoms with van der Waals surface area (Å²) < 4.78 is 18.6. The average Bonchev–Trinajstić information content (AvgIpc) is 3.24. The number of benzene rings is 3. The first-order chi connectivity index (χ1) is 16.6. The van der Waals surface area contributed by atoms with E-state index in [1.807, 2.05) is 42.5 Å². The second-order valence-electron chi connectivity index (χ2n) is 8.04. The summed E-state index contributed by atoms with van der Waals surface area (Å²) in [4.78, 5) is 10.9. The van der Waals surface area contributed by atoms with E-state index in [4.69, 9.17) is 9.28 Å². The summed E-state index contributed by atoms with van der Waals surface area (Å²) in [5, 5.41) is 5.09. The van der Waals surface area contributed by atoms with Crippen molar-refractivity contribution in [2.75, 3.05) is 5.75 Å². The van der Waals surface area contributed by atoms with Gasteiger partial charge in [0.1, 0.15) is 5.69 Å². The smallest absolute Gasteiger partial charge is 0.316 e. The van der Waals surface area contributed by atoms with Crippen LogP contribution in [0.1, 0.15) is 26.2 Å². The summed E-state index contributed by atoms with van der Waals surface area (Å²) >= 11 is -1.55. The SMILES string of the molecule is CC(=O)OS(=O)CCCCCn1nc(-c2ccccc2)c(-c2ccccc2)c1-c1ccccc1. The number of nitrogens with zero attached hydrogens (tertiary/aromatic N) is 2. The third-order valence-corrected chi connectivity index (χ3v) is 6.54. The first-order valence-corrected chi connectivity index (χ1v) is 12.7. The predicted molar refractivity (Wildman–Crippen MR) is 137 cm³/mol. The van der Waals surface area contributed by atoms with Crippen LogP contribution in [0.3, 0.4) is 0 Å². The van der Waals surface area contributed by atoms with Crippen molar-refractivity contribution in [3.8, 4) is 33.6 Å². The summed E-state index contributed by atoms with van der Waals surface area (Å²) in [7, 11) is 0. The number of hydrogen-bond donors (Lipinski definition) is 0. The molecule has 6 heteroatoms. The fraction of sp³-hybridized carbons (Fsp3) is 0.214. The molecule has 4 rings (SSSR count). The fourth-order valence-corrected chi connectivity index (χ4v) is 4.81. The molecule has 1 aromatic heterocycles. The van der Waals surface area contributed by atoms with Crippen LogP contribution in [0.15, 0.2) is 91.0 Å². The highest BCUT2D eigenvalue weighted by atomic mass is 32.2. The Morgan fingerprint density at radius 3 is 1.94 bits per heavy atom. The lowest BCUT2D eigenvalue weighted by molar-refractivity contribution is -0.130. The molecule has 0 bridgehead atoms. The van der Waals surface area contributed by atoms with Gasteiger partial charge in [-0.1, -0.05) is 97.4 Å². The van der Waals surface area contributed by atoms with Gasteiger partial charge in [-0.2, -0.15) is 5.10 Å². The maximum Gasteiger partial charge on any atom is 0.316 e. The van der Waals surface area contributed by atoms with Crippen molar-refractivity contribution in [3.05, 3.63) is 91.0 Å². The van der Waals surface area contributed by atoms with Crippen LogP contribution in [0, 0.1) is 0 Å². The van der Waals surface area contributed by atoms with E-state index in [0.29, 0.717) is 5.75 Å². The van der Waals surface area contributed by atoms with Gasteiger partial charge >= 0.3 is 5.97 Å². The highest BCUT2D eigenvalue weighted by Gasteiger charge is 2.21. The molecule has 0 saturated carbocycles. The Morgan fingerprint density at radius 2 is 1.35 bits per heavy atom. The van der Waals surface area contributed by atoms with Gasteiger partial charge in [0.05, 0.1) is 11.4 Å². The zero-order valence-corrected chi connectivity index (χ0v) is 20.0. The van der Waals surface area contributed by atoms with Crippen molar-refractivity contribution in [2.45, 2.75) is 32.7 Å². The number of carbonyl (C=O) groups excluding carboxylic acids is 1. The molecule has 0 radical (unpaired) electrons. The molecular weight excluding hydrogens is 444 g/mol. The monoisotopic (exact) mass is 472 g/mol. The quantitative estimate of drug-likeness (QED) is 0.255. The largest absolute Gasteiger partial charge is 0.364 e. The van der Waals surface area contributed by atoms with Gasteiger partial charge in [0.25, 0.3) is 0 Å². The van der Waals surface area contributed by atoms with Crippen LogP contribution >= 0.6 is 0 Å². The van der Waals surface area contributed by atoms with E-state index >= 15 is 0 Å². The number of hydrogen-bond acceptors (Lipinski definition) is 4. The van der Waals surface area contributed by atoms with E-state index in [2.05, 4.69) is 53.2 Å². The third kappa shape index (κ3) is 5.88. The van der Waals surface area contributed by atoms with Crippen molar-refractivity contribution in [3.63, 3.8) is 0 Å². The zero-order chi connectivity index (χ0) is 23.8. The molecule has 0 spiro atoms. The summed E-state index contributed by atoms with van der Waals surface area (Å²) in [6.07, 6.45) is 2.46. The average molecular weight is 473 g/mol. The van der Waals surface area contributed by atoms with Crippen LogP contribution in [0.25, 0.3) is 33.6 Å². The van der Waals surface area contributed by atoms with Gasteiger partial charge < -0.3 is 4.18 Å². The van der Waals surface area contributed by atoms with Crippen LogP contribution in [0.2, 0.25) is 0 Å². The Balaban J connectivity index is 1.67. The van der Waals surface area contributed by atoms with Crippen LogP contribution < -0.4 is 0 Å². The van der Waals surface area contributed by atoms with E-state index in [1.165, 1.54) is 6.92 Å². The molecule has 34 heavy (non-hydrogen) atoms. The zero-order valence-electron chi connectivity index (χ0n) is 19.2. The first kappa shape index (κ1) is 23.6. The Hall–Kier alpha value is -3.51. The molecule has 0 N–H and O–H groups in total. The number of carbonyl (C=O) groups is 1. The van der Waals surface area contributed by atoms with Crippen LogP contribution in [-0.2, 0) is 26.6 Å². The van der Waals surface area contributed by atoms with E-state index < -0.39 is 17.0 Å². The van der Waals surface area contributed by atoms with Crippen molar-refractivity contribution >= 4 is 17.0 Å². The minimum Gasteiger partial charge on any atom is -0.364 e.